The zero-order valence-electron chi connectivity index (χ0n) is 39.5. The second-order valence-electron chi connectivity index (χ2n) is 18.4. The van der Waals surface area contributed by atoms with Gasteiger partial charge in [-0.1, -0.05) is 121 Å². The lowest BCUT2D eigenvalue weighted by atomic mass is 9.75. The van der Waals surface area contributed by atoms with Crippen molar-refractivity contribution >= 4 is 0 Å². The fourth-order valence-corrected chi connectivity index (χ4v) is 9.57. The summed E-state index contributed by atoms with van der Waals surface area (Å²) in [6, 6.07) is 51.7. The maximum absolute atomic E-state index is 10.3. The normalized spacial score (nSPS) is 12.8. The number of benzene rings is 8. The van der Waals surface area contributed by atoms with Gasteiger partial charge in [-0.25, -0.2) is 0 Å². The van der Waals surface area contributed by atoms with Crippen LogP contribution < -0.4 is 0 Å². The van der Waals surface area contributed by atoms with Crippen molar-refractivity contribution in [2.24, 2.45) is 11.8 Å². The first kappa shape index (κ1) is 51.2. The van der Waals surface area contributed by atoms with Gasteiger partial charge in [0.25, 0.3) is 0 Å². The summed E-state index contributed by atoms with van der Waals surface area (Å²) in [4.78, 5) is 0. The van der Waals surface area contributed by atoms with E-state index in [0.717, 1.165) is 22.3 Å². The zero-order chi connectivity index (χ0) is 51.3. The van der Waals surface area contributed by atoms with Crippen molar-refractivity contribution in [2.45, 2.75) is 63.2 Å². The average molecular weight is 973 g/mol. The lowest BCUT2D eigenvalue weighted by molar-refractivity contribution is 0.357. The number of hydrogen-bond donors (Lipinski definition) is 12. The SMILES string of the molecule is Oc1cc(CC[C@@H](Cc2ccccc2)[C@H](Cc2ccccc2)c2cc(O)c(O)c(O)c2)cc(O)c1O.Oc1cc(CC[C@H](Cc2ccccc2)[C@@H](Cc2ccccc2)c2cc(O)c(O)c(O)c2)cc(O)c1O. The molecule has 72 heavy (non-hydrogen) atoms. The van der Waals surface area contributed by atoms with Gasteiger partial charge in [0.15, 0.2) is 69.0 Å². The molecule has 0 fully saturated rings. The standard InChI is InChI=1S/2C30H30O6/c2*31-25-15-21(16-26(32)29(25)35)11-12-22(13-19-7-3-1-4-8-19)24(14-20-9-5-2-6-10-20)23-17-27(33)30(36)28(34)18-23/h2*1-10,15-18,22,24,31-36H,11-14H2/t2*22-,24-/m10/s1. The van der Waals surface area contributed by atoms with E-state index >= 15 is 0 Å². The highest BCUT2D eigenvalue weighted by Gasteiger charge is 2.28. The van der Waals surface area contributed by atoms with Crippen LogP contribution in [0, 0.1) is 11.8 Å². The van der Waals surface area contributed by atoms with E-state index in [1.54, 1.807) is 0 Å². The fraction of sp³-hybridized carbons (Fsp3) is 0.200. The third-order valence-electron chi connectivity index (χ3n) is 13.3. The molecule has 0 aliphatic heterocycles. The molecule has 372 valence electrons. The van der Waals surface area contributed by atoms with Gasteiger partial charge >= 0.3 is 0 Å². The summed E-state index contributed by atoms with van der Waals surface area (Å²) in [5.74, 6) is -5.44. The molecule has 0 spiro atoms. The summed E-state index contributed by atoms with van der Waals surface area (Å²) >= 11 is 0. The van der Waals surface area contributed by atoms with E-state index in [1.165, 1.54) is 48.5 Å². The van der Waals surface area contributed by atoms with E-state index in [4.69, 9.17) is 0 Å². The molecule has 0 radical (unpaired) electrons. The van der Waals surface area contributed by atoms with Crippen LogP contribution in [0.2, 0.25) is 0 Å². The van der Waals surface area contributed by atoms with Crippen molar-refractivity contribution in [3.63, 3.8) is 0 Å². The first-order valence-corrected chi connectivity index (χ1v) is 23.8. The van der Waals surface area contributed by atoms with Gasteiger partial charge in [0.1, 0.15) is 0 Å². The second kappa shape index (κ2) is 23.8. The van der Waals surface area contributed by atoms with Crippen molar-refractivity contribution < 1.29 is 61.3 Å². The third kappa shape index (κ3) is 13.4. The van der Waals surface area contributed by atoms with Gasteiger partial charge in [-0.15, -0.1) is 0 Å². The molecule has 8 aromatic carbocycles. The molecule has 0 aromatic heterocycles. The van der Waals surface area contributed by atoms with Gasteiger partial charge in [-0.3, -0.25) is 0 Å². The van der Waals surface area contributed by atoms with Crippen LogP contribution in [0.1, 0.15) is 69.2 Å². The first-order chi connectivity index (χ1) is 34.6. The highest BCUT2D eigenvalue weighted by atomic mass is 16.3. The summed E-state index contributed by atoms with van der Waals surface area (Å²) < 4.78 is 0. The Hall–Kier alpha value is -8.64. The minimum Gasteiger partial charge on any atom is -0.504 e. The molecule has 0 amide bonds. The number of aryl methyl sites for hydroxylation is 2. The first-order valence-electron chi connectivity index (χ1n) is 23.8. The molecule has 0 aliphatic rings. The molecular formula is C60H60O12. The number of hydrogen-bond acceptors (Lipinski definition) is 12. The van der Waals surface area contributed by atoms with Crippen molar-refractivity contribution in [1.29, 1.82) is 0 Å². The van der Waals surface area contributed by atoms with E-state index in [-0.39, 0.29) is 69.7 Å². The highest BCUT2D eigenvalue weighted by Crippen LogP contribution is 2.45. The van der Waals surface area contributed by atoms with Gasteiger partial charge in [-0.05, 0) is 168 Å². The van der Waals surface area contributed by atoms with Crippen LogP contribution in [0.15, 0.2) is 170 Å². The lowest BCUT2D eigenvalue weighted by Gasteiger charge is -2.29. The minimum atomic E-state index is -0.549. The molecule has 8 aromatic rings. The van der Waals surface area contributed by atoms with E-state index in [0.29, 0.717) is 73.6 Å². The number of aromatic hydroxyl groups is 12. The molecule has 12 nitrogen and oxygen atoms in total. The van der Waals surface area contributed by atoms with Crippen molar-refractivity contribution in [2.75, 3.05) is 0 Å². The van der Waals surface area contributed by atoms with Crippen LogP contribution in [0.25, 0.3) is 0 Å². The Morgan fingerprint density at radius 2 is 0.472 bits per heavy atom. The fourth-order valence-electron chi connectivity index (χ4n) is 9.57. The largest absolute Gasteiger partial charge is 0.504 e. The minimum absolute atomic E-state index is 0.0223. The lowest BCUT2D eigenvalue weighted by Crippen LogP contribution is -2.19. The van der Waals surface area contributed by atoms with Gasteiger partial charge in [0.2, 0.25) is 0 Å². The van der Waals surface area contributed by atoms with E-state index in [1.807, 2.05) is 97.1 Å². The Balaban J connectivity index is 0.000000211. The van der Waals surface area contributed by atoms with Gasteiger partial charge in [0.05, 0.1) is 0 Å². The van der Waals surface area contributed by atoms with Crippen molar-refractivity contribution in [3.8, 4) is 69.0 Å². The summed E-state index contributed by atoms with van der Waals surface area (Å²) in [6.07, 6.45) is 5.01. The smallest absolute Gasteiger partial charge is 0.200 e. The molecular weight excluding hydrogens is 913 g/mol. The van der Waals surface area contributed by atoms with Crippen LogP contribution in [-0.2, 0) is 38.5 Å². The predicted octanol–water partition coefficient (Wildman–Crippen LogP) is 11.5. The van der Waals surface area contributed by atoms with E-state index in [9.17, 15) is 61.3 Å². The third-order valence-corrected chi connectivity index (χ3v) is 13.3. The van der Waals surface area contributed by atoms with Crippen LogP contribution >= 0.6 is 0 Å². The molecule has 0 aliphatic carbocycles. The summed E-state index contributed by atoms with van der Waals surface area (Å²) in [7, 11) is 0. The maximum Gasteiger partial charge on any atom is 0.200 e. The van der Waals surface area contributed by atoms with Crippen molar-refractivity contribution in [1.82, 2.24) is 0 Å². The zero-order valence-corrected chi connectivity index (χ0v) is 39.5. The summed E-state index contributed by atoms with van der Waals surface area (Å²) in [5, 5.41) is 120. The molecule has 0 heterocycles. The Bertz CT molecular complexity index is 2720. The second-order valence-corrected chi connectivity index (χ2v) is 18.4. The predicted molar refractivity (Wildman–Crippen MR) is 275 cm³/mol. The topological polar surface area (TPSA) is 243 Å². The summed E-state index contributed by atoms with van der Waals surface area (Å²) in [5.41, 5.74) is 7.19. The van der Waals surface area contributed by atoms with Gasteiger partial charge in [-0.2, -0.15) is 0 Å². The monoisotopic (exact) mass is 972 g/mol. The molecule has 0 bridgehead atoms. The Labute approximate surface area is 418 Å². The van der Waals surface area contributed by atoms with Crippen LogP contribution in [0.4, 0.5) is 0 Å². The van der Waals surface area contributed by atoms with Crippen LogP contribution in [-0.4, -0.2) is 61.3 Å². The van der Waals surface area contributed by atoms with E-state index < -0.39 is 23.0 Å². The number of phenolic OH excluding ortho intramolecular Hbond substituents is 12. The van der Waals surface area contributed by atoms with Gasteiger partial charge < -0.3 is 61.3 Å². The molecule has 12 heteroatoms. The molecule has 4 atom stereocenters. The highest BCUT2D eigenvalue weighted by molar-refractivity contribution is 5.55. The van der Waals surface area contributed by atoms with Crippen LogP contribution in [0.5, 0.6) is 69.0 Å². The molecule has 0 unspecified atom stereocenters. The van der Waals surface area contributed by atoms with E-state index in [2.05, 4.69) is 24.3 Å². The molecule has 0 saturated heterocycles. The maximum atomic E-state index is 10.3. The molecule has 8 rings (SSSR count). The van der Waals surface area contributed by atoms with Crippen LogP contribution in [0.3, 0.4) is 0 Å². The number of phenols is 12. The Morgan fingerprint density at radius 3 is 0.722 bits per heavy atom. The quantitative estimate of drug-likeness (QED) is 0.0359. The van der Waals surface area contributed by atoms with Gasteiger partial charge in [0, 0.05) is 0 Å². The molecule has 0 saturated carbocycles. The molecule has 12 N–H and O–H groups in total. The average Bonchev–Trinajstić information content (AvgIpc) is 3.38. The Morgan fingerprint density at radius 1 is 0.250 bits per heavy atom. The number of rotatable bonds is 18. The summed E-state index contributed by atoms with van der Waals surface area (Å²) in [6.45, 7) is 0. The Kier molecular flexibility index (Phi) is 16.9. The van der Waals surface area contributed by atoms with Crippen molar-refractivity contribution in [3.05, 3.63) is 214 Å².